The van der Waals surface area contributed by atoms with Gasteiger partial charge in [0.05, 0.1) is 19.0 Å². The zero-order valence-corrected chi connectivity index (χ0v) is 16.9. The highest BCUT2D eigenvalue weighted by molar-refractivity contribution is 5.92. The summed E-state index contributed by atoms with van der Waals surface area (Å²) in [5.74, 6) is 0.644. The number of ether oxygens (including phenoxy) is 1. The molecule has 2 fully saturated rings. The molecule has 0 spiro atoms. The largest absolute Gasteiger partial charge is 0.450 e. The topological polar surface area (TPSA) is 87.7 Å². The lowest BCUT2D eigenvalue weighted by atomic mass is 10.00. The molecule has 2 aliphatic rings. The van der Waals surface area contributed by atoms with Gasteiger partial charge in [0.2, 0.25) is 0 Å². The maximum absolute atomic E-state index is 12.8. The second kappa shape index (κ2) is 9.71. The van der Waals surface area contributed by atoms with Gasteiger partial charge >= 0.3 is 6.09 Å². The van der Waals surface area contributed by atoms with Gasteiger partial charge in [-0.05, 0) is 45.4 Å². The number of nitrogens with one attached hydrogen (secondary N) is 1. The normalized spacial score (nSPS) is 20.7. The molecule has 2 amide bonds. The predicted molar refractivity (Wildman–Crippen MR) is 106 cm³/mol. The van der Waals surface area contributed by atoms with Gasteiger partial charge in [0, 0.05) is 31.7 Å². The van der Waals surface area contributed by atoms with Crippen molar-refractivity contribution in [3.05, 3.63) is 18.1 Å². The Morgan fingerprint density at radius 2 is 1.89 bits per heavy atom. The van der Waals surface area contributed by atoms with Crippen LogP contribution in [-0.4, -0.2) is 70.1 Å². The average Bonchev–Trinajstić information content (AvgIpc) is 2.74. The monoisotopic (exact) mass is 389 g/mol. The van der Waals surface area contributed by atoms with Crippen LogP contribution in [-0.2, 0) is 4.74 Å². The van der Waals surface area contributed by atoms with Crippen molar-refractivity contribution in [3.8, 4) is 0 Å². The predicted octanol–water partition coefficient (Wildman–Crippen LogP) is 2.91. The SMILES string of the molecule is CCOC(=O)N1CCC(Nc2cnc(C(=O)N3CCCCC3CC)cn2)CC1. The average molecular weight is 390 g/mol. The smallest absolute Gasteiger partial charge is 0.409 e. The van der Waals surface area contributed by atoms with Crippen LogP contribution < -0.4 is 5.32 Å². The minimum absolute atomic E-state index is 0.0201. The first-order chi connectivity index (χ1) is 13.6. The van der Waals surface area contributed by atoms with Gasteiger partial charge in [-0.15, -0.1) is 0 Å². The van der Waals surface area contributed by atoms with E-state index >= 15 is 0 Å². The Kier molecular flexibility index (Phi) is 7.06. The van der Waals surface area contributed by atoms with Gasteiger partial charge in [0.1, 0.15) is 11.5 Å². The van der Waals surface area contributed by atoms with Crippen molar-refractivity contribution in [2.24, 2.45) is 0 Å². The first-order valence-electron chi connectivity index (χ1n) is 10.4. The molecule has 0 aliphatic carbocycles. The number of carbonyl (C=O) groups excluding carboxylic acids is 2. The van der Waals surface area contributed by atoms with Crippen LogP contribution in [0.5, 0.6) is 0 Å². The molecular weight excluding hydrogens is 358 g/mol. The maximum atomic E-state index is 12.8. The third-order valence-corrected chi connectivity index (χ3v) is 5.60. The molecule has 0 aromatic carbocycles. The summed E-state index contributed by atoms with van der Waals surface area (Å²) in [6.07, 6.45) is 8.90. The second-order valence-electron chi connectivity index (χ2n) is 7.45. The standard InChI is InChI=1S/C20H31N5O3/c1-3-16-7-5-6-10-25(16)19(26)17-13-22-18(14-21-17)23-15-8-11-24(12-9-15)20(27)28-4-2/h13-16H,3-12H2,1-2H3,(H,22,23). The van der Waals surface area contributed by atoms with Gasteiger partial charge in [-0.3, -0.25) is 4.79 Å². The van der Waals surface area contributed by atoms with E-state index in [4.69, 9.17) is 4.74 Å². The van der Waals surface area contributed by atoms with Gasteiger partial charge in [-0.25, -0.2) is 14.8 Å². The van der Waals surface area contributed by atoms with Crippen LogP contribution in [0.25, 0.3) is 0 Å². The van der Waals surface area contributed by atoms with Crippen LogP contribution in [0.3, 0.4) is 0 Å². The van der Waals surface area contributed by atoms with E-state index in [2.05, 4.69) is 22.2 Å². The fourth-order valence-corrected chi connectivity index (χ4v) is 3.98. The van der Waals surface area contributed by atoms with E-state index in [1.807, 2.05) is 11.8 Å². The molecule has 0 radical (unpaired) electrons. The first-order valence-corrected chi connectivity index (χ1v) is 10.4. The number of rotatable bonds is 5. The van der Waals surface area contributed by atoms with E-state index < -0.39 is 0 Å². The molecule has 3 rings (SSSR count). The number of nitrogens with zero attached hydrogens (tertiary/aromatic N) is 4. The number of likely N-dealkylation sites (tertiary alicyclic amines) is 2. The highest BCUT2D eigenvalue weighted by atomic mass is 16.6. The summed E-state index contributed by atoms with van der Waals surface area (Å²) in [5.41, 5.74) is 0.406. The fourth-order valence-electron chi connectivity index (χ4n) is 3.98. The van der Waals surface area contributed by atoms with Crippen LogP contribution in [0, 0.1) is 0 Å². The van der Waals surface area contributed by atoms with Crippen molar-refractivity contribution < 1.29 is 14.3 Å². The number of hydrogen-bond acceptors (Lipinski definition) is 6. The van der Waals surface area contributed by atoms with Gasteiger partial charge < -0.3 is 19.9 Å². The van der Waals surface area contributed by atoms with Crippen LogP contribution >= 0.6 is 0 Å². The quantitative estimate of drug-likeness (QED) is 0.833. The number of carbonyl (C=O) groups is 2. The molecule has 154 valence electrons. The first kappa shape index (κ1) is 20.4. The van der Waals surface area contributed by atoms with E-state index in [0.29, 0.717) is 37.3 Å². The molecule has 28 heavy (non-hydrogen) atoms. The molecule has 1 unspecified atom stereocenters. The van der Waals surface area contributed by atoms with E-state index in [1.54, 1.807) is 17.3 Å². The minimum atomic E-state index is -0.244. The van der Waals surface area contributed by atoms with Gasteiger partial charge in [0.15, 0.2) is 0 Å². The van der Waals surface area contributed by atoms with Crippen molar-refractivity contribution in [2.75, 3.05) is 31.6 Å². The van der Waals surface area contributed by atoms with Crippen LogP contribution in [0.15, 0.2) is 12.4 Å². The lowest BCUT2D eigenvalue weighted by molar-refractivity contribution is 0.0601. The molecule has 8 heteroatoms. The Labute approximate surface area is 166 Å². The Morgan fingerprint density at radius 1 is 1.11 bits per heavy atom. The molecule has 1 atom stereocenters. The van der Waals surface area contributed by atoms with Crippen molar-refractivity contribution in [3.63, 3.8) is 0 Å². The number of piperidine rings is 2. The number of hydrogen-bond donors (Lipinski definition) is 1. The summed E-state index contributed by atoms with van der Waals surface area (Å²) in [6.45, 7) is 6.46. The Morgan fingerprint density at radius 3 is 2.54 bits per heavy atom. The number of anilines is 1. The molecule has 0 saturated carbocycles. The molecule has 3 heterocycles. The third kappa shape index (κ3) is 4.91. The van der Waals surface area contributed by atoms with Gasteiger partial charge in [-0.1, -0.05) is 6.92 Å². The minimum Gasteiger partial charge on any atom is -0.450 e. The summed E-state index contributed by atoms with van der Waals surface area (Å²) in [7, 11) is 0. The van der Waals surface area contributed by atoms with E-state index in [0.717, 1.165) is 38.6 Å². The molecule has 1 N–H and O–H groups in total. The van der Waals surface area contributed by atoms with Gasteiger partial charge in [-0.2, -0.15) is 0 Å². The van der Waals surface area contributed by atoms with Crippen LogP contribution in [0.4, 0.5) is 10.6 Å². The highest BCUT2D eigenvalue weighted by Crippen LogP contribution is 2.21. The highest BCUT2D eigenvalue weighted by Gasteiger charge is 2.27. The Hall–Kier alpha value is -2.38. The molecular formula is C20H31N5O3. The van der Waals surface area contributed by atoms with E-state index in [9.17, 15) is 9.59 Å². The summed E-state index contributed by atoms with van der Waals surface area (Å²) < 4.78 is 5.04. The van der Waals surface area contributed by atoms with E-state index in [-0.39, 0.29) is 18.0 Å². The maximum Gasteiger partial charge on any atom is 0.409 e. The van der Waals surface area contributed by atoms with Crippen LogP contribution in [0.1, 0.15) is 62.9 Å². The molecule has 1 aromatic rings. The lowest BCUT2D eigenvalue weighted by Gasteiger charge is -2.35. The summed E-state index contributed by atoms with van der Waals surface area (Å²) in [5, 5.41) is 3.36. The van der Waals surface area contributed by atoms with Crippen molar-refractivity contribution >= 4 is 17.8 Å². The third-order valence-electron chi connectivity index (χ3n) is 5.60. The molecule has 2 saturated heterocycles. The number of amides is 2. The molecule has 1 aromatic heterocycles. The summed E-state index contributed by atoms with van der Waals surface area (Å²) >= 11 is 0. The molecule has 0 bridgehead atoms. The summed E-state index contributed by atoms with van der Waals surface area (Å²) in [6, 6.07) is 0.540. The zero-order valence-electron chi connectivity index (χ0n) is 16.9. The Bertz CT molecular complexity index is 658. The van der Waals surface area contributed by atoms with Crippen molar-refractivity contribution in [1.29, 1.82) is 0 Å². The fraction of sp³-hybridized carbons (Fsp3) is 0.700. The zero-order chi connectivity index (χ0) is 19.9. The van der Waals surface area contributed by atoms with E-state index in [1.165, 1.54) is 6.42 Å². The van der Waals surface area contributed by atoms with Crippen molar-refractivity contribution in [2.45, 2.75) is 64.5 Å². The van der Waals surface area contributed by atoms with Gasteiger partial charge in [0.25, 0.3) is 5.91 Å². The summed E-state index contributed by atoms with van der Waals surface area (Å²) in [4.78, 5) is 37.0. The van der Waals surface area contributed by atoms with Crippen LogP contribution in [0.2, 0.25) is 0 Å². The molecule has 2 aliphatic heterocycles. The second-order valence-corrected chi connectivity index (χ2v) is 7.45. The Balaban J connectivity index is 1.52. The lowest BCUT2D eigenvalue weighted by Crippen LogP contribution is -2.43. The van der Waals surface area contributed by atoms with Crippen molar-refractivity contribution in [1.82, 2.24) is 19.8 Å². The number of aromatic nitrogens is 2. The molecule has 8 nitrogen and oxygen atoms in total.